The highest BCUT2D eigenvalue weighted by molar-refractivity contribution is 7.90. The van der Waals surface area contributed by atoms with Gasteiger partial charge in [0, 0.05) is 12.4 Å². The fraction of sp³-hybridized carbons (Fsp3) is 0.273. The number of carbonyl (C=O) groups excluding carboxylic acids is 1. The molecule has 32 heavy (non-hydrogen) atoms. The van der Waals surface area contributed by atoms with Gasteiger partial charge in [-0.1, -0.05) is 12.1 Å². The van der Waals surface area contributed by atoms with E-state index in [1.165, 1.54) is 32.4 Å². The Hall–Kier alpha value is -3.40. The number of rotatable bonds is 8. The third-order valence-corrected chi connectivity index (χ3v) is 6.66. The minimum Gasteiger partial charge on any atom is -0.495 e. The number of sulfonamides is 1. The van der Waals surface area contributed by atoms with Crippen LogP contribution in [-0.2, 0) is 16.6 Å². The van der Waals surface area contributed by atoms with Gasteiger partial charge in [-0.3, -0.25) is 9.48 Å². The number of ether oxygens (including phenoxy) is 2. The Morgan fingerprint density at radius 1 is 1.16 bits per heavy atom. The van der Waals surface area contributed by atoms with Gasteiger partial charge in [0.1, 0.15) is 17.3 Å². The molecule has 10 heteroatoms. The zero-order valence-corrected chi connectivity index (χ0v) is 18.4. The van der Waals surface area contributed by atoms with Gasteiger partial charge in [0.2, 0.25) is 0 Å². The topological polar surface area (TPSA) is 99.5 Å². The van der Waals surface area contributed by atoms with Crippen LogP contribution in [0.4, 0.5) is 4.39 Å². The fourth-order valence-corrected chi connectivity index (χ4v) is 4.93. The van der Waals surface area contributed by atoms with Crippen molar-refractivity contribution in [1.82, 2.24) is 14.5 Å². The zero-order chi connectivity index (χ0) is 22.9. The number of carbonyl (C=O) groups is 1. The third-order valence-electron chi connectivity index (χ3n) is 5.27. The van der Waals surface area contributed by atoms with E-state index in [-0.39, 0.29) is 27.9 Å². The van der Waals surface area contributed by atoms with Crippen molar-refractivity contribution in [2.45, 2.75) is 30.2 Å². The van der Waals surface area contributed by atoms with Crippen molar-refractivity contribution in [3.05, 3.63) is 71.3 Å². The molecule has 2 aromatic carbocycles. The van der Waals surface area contributed by atoms with Gasteiger partial charge in [0.25, 0.3) is 15.9 Å². The summed E-state index contributed by atoms with van der Waals surface area (Å²) in [4.78, 5) is 12.5. The van der Waals surface area contributed by atoms with Crippen LogP contribution >= 0.6 is 0 Å². The van der Waals surface area contributed by atoms with Gasteiger partial charge in [0.15, 0.2) is 4.90 Å². The number of hydrogen-bond donors (Lipinski definition) is 1. The minimum absolute atomic E-state index is 0.000712. The minimum atomic E-state index is -4.41. The largest absolute Gasteiger partial charge is 0.495 e. The fourth-order valence-electron chi connectivity index (χ4n) is 3.64. The van der Waals surface area contributed by atoms with Crippen LogP contribution < -0.4 is 14.2 Å². The van der Waals surface area contributed by atoms with Crippen molar-refractivity contribution < 1.29 is 27.1 Å². The molecule has 1 saturated carbocycles. The predicted molar refractivity (Wildman–Crippen MR) is 114 cm³/mol. The Morgan fingerprint density at radius 2 is 1.84 bits per heavy atom. The molecule has 1 aliphatic rings. The van der Waals surface area contributed by atoms with Crippen LogP contribution in [0, 0.1) is 5.82 Å². The average molecular weight is 459 g/mol. The van der Waals surface area contributed by atoms with E-state index in [0.29, 0.717) is 17.7 Å². The maximum Gasteiger partial charge on any atom is 0.271 e. The van der Waals surface area contributed by atoms with Gasteiger partial charge in [0.05, 0.1) is 26.3 Å². The van der Waals surface area contributed by atoms with E-state index >= 15 is 4.39 Å². The first kappa shape index (κ1) is 21.8. The molecule has 0 aliphatic heterocycles. The highest BCUT2D eigenvalue weighted by atomic mass is 32.2. The van der Waals surface area contributed by atoms with E-state index < -0.39 is 21.7 Å². The van der Waals surface area contributed by atoms with Crippen molar-refractivity contribution in [1.29, 1.82) is 0 Å². The van der Waals surface area contributed by atoms with Gasteiger partial charge < -0.3 is 9.47 Å². The molecule has 1 fully saturated rings. The van der Waals surface area contributed by atoms with Crippen molar-refractivity contribution in [2.24, 2.45) is 0 Å². The lowest BCUT2D eigenvalue weighted by atomic mass is 9.98. The van der Waals surface area contributed by atoms with Gasteiger partial charge in [-0.2, -0.15) is 5.10 Å². The third kappa shape index (κ3) is 4.18. The molecule has 1 N–H and O–H groups in total. The van der Waals surface area contributed by atoms with Gasteiger partial charge in [-0.05, 0) is 54.2 Å². The number of nitrogens with one attached hydrogen (secondary N) is 1. The van der Waals surface area contributed by atoms with Crippen LogP contribution in [0.2, 0.25) is 0 Å². The molecular weight excluding hydrogens is 437 g/mol. The highest BCUT2D eigenvalue weighted by Crippen LogP contribution is 2.44. The van der Waals surface area contributed by atoms with Crippen LogP contribution in [0.5, 0.6) is 11.5 Å². The average Bonchev–Trinajstić information content (AvgIpc) is 3.47. The summed E-state index contributed by atoms with van der Waals surface area (Å²) in [6.45, 7) is 0.356. The lowest BCUT2D eigenvalue weighted by Gasteiger charge is -2.16. The van der Waals surface area contributed by atoms with Gasteiger partial charge in [-0.15, -0.1) is 0 Å². The molecule has 0 bridgehead atoms. The maximum atomic E-state index is 15.4. The number of benzene rings is 2. The Kier molecular flexibility index (Phi) is 5.88. The molecule has 1 heterocycles. The van der Waals surface area contributed by atoms with Gasteiger partial charge in [-0.25, -0.2) is 17.5 Å². The monoisotopic (exact) mass is 459 g/mol. The van der Waals surface area contributed by atoms with Crippen molar-refractivity contribution in [2.75, 3.05) is 14.2 Å². The Bertz CT molecular complexity index is 1230. The highest BCUT2D eigenvalue weighted by Gasteiger charge is 2.33. The number of aromatic nitrogens is 2. The molecule has 8 nitrogen and oxygen atoms in total. The maximum absolute atomic E-state index is 15.4. The van der Waals surface area contributed by atoms with Crippen molar-refractivity contribution in [3.8, 4) is 11.5 Å². The summed E-state index contributed by atoms with van der Waals surface area (Å²) >= 11 is 0. The second-order valence-corrected chi connectivity index (χ2v) is 9.02. The lowest BCUT2D eigenvalue weighted by molar-refractivity contribution is 0.0977. The molecule has 4 rings (SSSR count). The quantitative estimate of drug-likeness (QED) is 0.556. The van der Waals surface area contributed by atoms with Crippen LogP contribution in [0.25, 0.3) is 0 Å². The van der Waals surface area contributed by atoms with E-state index in [2.05, 4.69) is 5.10 Å². The molecule has 1 aliphatic carbocycles. The lowest BCUT2D eigenvalue weighted by Crippen LogP contribution is -2.32. The summed E-state index contributed by atoms with van der Waals surface area (Å²) in [5.41, 5.74) is 0.800. The van der Waals surface area contributed by atoms with E-state index in [9.17, 15) is 13.2 Å². The van der Waals surface area contributed by atoms with Crippen LogP contribution in [0.15, 0.2) is 53.7 Å². The number of amides is 1. The molecule has 0 saturated heterocycles. The first-order valence-electron chi connectivity index (χ1n) is 9.92. The summed E-state index contributed by atoms with van der Waals surface area (Å²) in [5.74, 6) is -1.78. The number of nitrogens with zero attached hydrogens (tertiary/aromatic N) is 2. The standard InChI is InChI=1S/C22H22FN3O5S/c1-30-17-5-3-6-18(31-2)21(17)32(28,29)25-22(27)16-10-9-15(13-26-12-4-11-24-26)19(20(16)23)14-7-8-14/h3-6,9-12,14H,7-8,13H2,1-2H3,(H,25,27). The number of halogens is 1. The molecule has 0 radical (unpaired) electrons. The van der Waals surface area contributed by atoms with E-state index in [0.717, 1.165) is 12.8 Å². The second kappa shape index (κ2) is 8.62. The molecular formula is C22H22FN3O5S. The zero-order valence-electron chi connectivity index (χ0n) is 17.5. The Morgan fingerprint density at radius 3 is 2.41 bits per heavy atom. The SMILES string of the molecule is COc1cccc(OC)c1S(=O)(=O)NC(=O)c1ccc(Cn2cccn2)c(C2CC2)c1F. The molecule has 0 unspecified atom stereocenters. The first-order valence-corrected chi connectivity index (χ1v) is 11.4. The van der Waals surface area contributed by atoms with Crippen LogP contribution in [-0.4, -0.2) is 38.3 Å². The molecule has 1 aromatic heterocycles. The molecule has 1 amide bonds. The Labute approximate surface area is 185 Å². The van der Waals surface area contributed by atoms with Crippen LogP contribution in [0.3, 0.4) is 0 Å². The van der Waals surface area contributed by atoms with Gasteiger partial charge >= 0.3 is 0 Å². The molecule has 0 spiro atoms. The summed E-state index contributed by atoms with van der Waals surface area (Å²) in [6, 6.07) is 9.12. The smallest absolute Gasteiger partial charge is 0.271 e. The van der Waals surface area contributed by atoms with E-state index in [1.54, 1.807) is 35.3 Å². The van der Waals surface area contributed by atoms with E-state index in [4.69, 9.17) is 9.47 Å². The molecule has 3 aromatic rings. The second-order valence-electron chi connectivity index (χ2n) is 7.40. The first-order chi connectivity index (χ1) is 15.4. The Balaban J connectivity index is 1.68. The summed E-state index contributed by atoms with van der Waals surface area (Å²) in [7, 11) is -1.81. The summed E-state index contributed by atoms with van der Waals surface area (Å²) < 4.78 is 55.2. The summed E-state index contributed by atoms with van der Waals surface area (Å²) in [5, 5.41) is 4.15. The van der Waals surface area contributed by atoms with Crippen molar-refractivity contribution in [3.63, 3.8) is 0 Å². The van der Waals surface area contributed by atoms with Crippen LogP contribution in [0.1, 0.15) is 40.2 Å². The van der Waals surface area contributed by atoms with E-state index in [1.807, 2.05) is 4.72 Å². The predicted octanol–water partition coefficient (Wildman–Crippen LogP) is 3.08. The number of hydrogen-bond acceptors (Lipinski definition) is 6. The van der Waals surface area contributed by atoms with Crippen molar-refractivity contribution >= 4 is 15.9 Å². The molecule has 0 atom stereocenters. The summed E-state index contributed by atoms with van der Waals surface area (Å²) in [6.07, 6.45) is 5.02. The molecule has 168 valence electrons. The normalized spacial score (nSPS) is 13.6. The number of methoxy groups -OCH3 is 2.